The van der Waals surface area contributed by atoms with Crippen molar-refractivity contribution in [3.63, 3.8) is 0 Å². The molecular weight excluding hydrogens is 160 g/mol. The quantitative estimate of drug-likeness (QED) is 0.663. The second-order valence-electron chi connectivity index (χ2n) is 2.31. The van der Waals surface area contributed by atoms with Gasteiger partial charge in [0, 0.05) is 5.02 Å². The Morgan fingerprint density at radius 1 is 1.45 bits per heavy atom. The average molecular weight is 171 g/mol. The van der Waals surface area contributed by atoms with Crippen molar-refractivity contribution in [2.24, 2.45) is 0 Å². The molecule has 1 nitrogen and oxygen atoms in total. The van der Waals surface area contributed by atoms with Crippen LogP contribution in [0.3, 0.4) is 0 Å². The SMILES string of the molecule is CCc1ccc(Cl)cc1OC. The van der Waals surface area contributed by atoms with Crippen molar-refractivity contribution in [2.45, 2.75) is 13.3 Å². The van der Waals surface area contributed by atoms with Crippen molar-refractivity contribution in [2.75, 3.05) is 7.11 Å². The summed E-state index contributed by atoms with van der Waals surface area (Å²) >= 11 is 5.77. The van der Waals surface area contributed by atoms with Crippen LogP contribution in [-0.2, 0) is 6.42 Å². The Bertz CT molecular complexity index is 245. The van der Waals surface area contributed by atoms with Gasteiger partial charge in [0.15, 0.2) is 0 Å². The zero-order valence-electron chi connectivity index (χ0n) is 6.73. The van der Waals surface area contributed by atoms with Crippen LogP contribution < -0.4 is 4.74 Å². The molecule has 1 rings (SSSR count). The minimum Gasteiger partial charge on any atom is -0.496 e. The number of halogens is 1. The molecule has 2 heteroatoms. The lowest BCUT2D eigenvalue weighted by atomic mass is 10.1. The number of methoxy groups -OCH3 is 1. The summed E-state index contributed by atoms with van der Waals surface area (Å²) in [6, 6.07) is 5.70. The number of hydrogen-bond acceptors (Lipinski definition) is 1. The largest absolute Gasteiger partial charge is 0.496 e. The molecule has 1 aromatic carbocycles. The molecule has 0 bridgehead atoms. The molecule has 0 heterocycles. The van der Waals surface area contributed by atoms with Crippen LogP contribution in [0.15, 0.2) is 18.2 Å². The number of ether oxygens (including phenoxy) is 1. The maximum absolute atomic E-state index is 5.77. The standard InChI is InChI=1S/C9H11ClO/c1-3-7-4-5-8(10)6-9(7)11-2/h4-6H,3H2,1-2H3. The topological polar surface area (TPSA) is 9.23 Å². The molecule has 1 aromatic rings. The van der Waals surface area contributed by atoms with Gasteiger partial charge in [-0.15, -0.1) is 0 Å². The Kier molecular flexibility index (Phi) is 2.77. The average Bonchev–Trinajstić information content (AvgIpc) is 2.04. The molecule has 0 aliphatic heterocycles. The van der Waals surface area contributed by atoms with Gasteiger partial charge < -0.3 is 4.74 Å². The van der Waals surface area contributed by atoms with Crippen LogP contribution in [0.5, 0.6) is 5.75 Å². The minimum absolute atomic E-state index is 0.721. The van der Waals surface area contributed by atoms with E-state index in [4.69, 9.17) is 16.3 Å². The van der Waals surface area contributed by atoms with E-state index in [1.165, 1.54) is 5.56 Å². The molecule has 0 aliphatic rings. The summed E-state index contributed by atoms with van der Waals surface area (Å²) in [4.78, 5) is 0. The summed E-state index contributed by atoms with van der Waals surface area (Å²) in [7, 11) is 1.66. The predicted octanol–water partition coefficient (Wildman–Crippen LogP) is 2.91. The molecule has 11 heavy (non-hydrogen) atoms. The molecule has 0 spiro atoms. The van der Waals surface area contributed by atoms with Gasteiger partial charge in [-0.2, -0.15) is 0 Å². The summed E-state index contributed by atoms with van der Waals surface area (Å²) in [5.41, 5.74) is 1.19. The fourth-order valence-electron chi connectivity index (χ4n) is 1.01. The van der Waals surface area contributed by atoms with Crippen LogP contribution in [-0.4, -0.2) is 7.11 Å². The summed E-state index contributed by atoms with van der Waals surface area (Å²) in [5, 5.41) is 0.721. The van der Waals surface area contributed by atoms with Crippen molar-refractivity contribution in [1.29, 1.82) is 0 Å². The molecule has 60 valence electrons. The van der Waals surface area contributed by atoms with Gasteiger partial charge in [0.2, 0.25) is 0 Å². The molecule has 0 saturated heterocycles. The Morgan fingerprint density at radius 3 is 2.73 bits per heavy atom. The molecule has 0 saturated carbocycles. The van der Waals surface area contributed by atoms with E-state index >= 15 is 0 Å². The van der Waals surface area contributed by atoms with Crippen LogP contribution >= 0.6 is 11.6 Å². The molecule has 0 fully saturated rings. The Labute approximate surface area is 71.9 Å². The molecule has 0 amide bonds. The van der Waals surface area contributed by atoms with E-state index in [0.29, 0.717) is 0 Å². The zero-order chi connectivity index (χ0) is 8.27. The fraction of sp³-hybridized carbons (Fsp3) is 0.333. The van der Waals surface area contributed by atoms with Gasteiger partial charge in [-0.3, -0.25) is 0 Å². The number of hydrogen-bond donors (Lipinski definition) is 0. The van der Waals surface area contributed by atoms with Crippen LogP contribution in [0.4, 0.5) is 0 Å². The molecule has 0 radical (unpaired) electrons. The Hall–Kier alpha value is -0.690. The molecule has 0 aromatic heterocycles. The predicted molar refractivity (Wildman–Crippen MR) is 47.4 cm³/mol. The lowest BCUT2D eigenvalue weighted by Gasteiger charge is -2.05. The summed E-state index contributed by atoms with van der Waals surface area (Å²) < 4.78 is 5.13. The van der Waals surface area contributed by atoms with E-state index in [2.05, 4.69) is 6.92 Å². The van der Waals surface area contributed by atoms with Gasteiger partial charge in [0.25, 0.3) is 0 Å². The highest BCUT2D eigenvalue weighted by atomic mass is 35.5. The first kappa shape index (κ1) is 8.41. The van der Waals surface area contributed by atoms with Crippen LogP contribution in [0.1, 0.15) is 12.5 Å². The van der Waals surface area contributed by atoms with E-state index in [1.807, 2.05) is 18.2 Å². The second kappa shape index (κ2) is 3.63. The van der Waals surface area contributed by atoms with Crippen LogP contribution in [0, 0.1) is 0 Å². The first-order valence-electron chi connectivity index (χ1n) is 3.60. The Balaban J connectivity index is 3.06. The molecular formula is C9H11ClO. The highest BCUT2D eigenvalue weighted by molar-refractivity contribution is 6.30. The smallest absolute Gasteiger partial charge is 0.123 e. The normalized spacial score (nSPS) is 9.73. The van der Waals surface area contributed by atoms with Crippen molar-refractivity contribution in [3.8, 4) is 5.75 Å². The maximum Gasteiger partial charge on any atom is 0.123 e. The lowest BCUT2D eigenvalue weighted by Crippen LogP contribution is -1.89. The van der Waals surface area contributed by atoms with E-state index < -0.39 is 0 Å². The summed E-state index contributed by atoms with van der Waals surface area (Å²) in [6.07, 6.45) is 0.973. The van der Waals surface area contributed by atoms with Crippen molar-refractivity contribution in [3.05, 3.63) is 28.8 Å². The molecule has 0 N–H and O–H groups in total. The van der Waals surface area contributed by atoms with Crippen LogP contribution in [0.2, 0.25) is 5.02 Å². The van der Waals surface area contributed by atoms with Crippen molar-refractivity contribution < 1.29 is 4.74 Å². The highest BCUT2D eigenvalue weighted by Gasteiger charge is 1.99. The second-order valence-corrected chi connectivity index (χ2v) is 2.75. The van der Waals surface area contributed by atoms with Crippen molar-refractivity contribution in [1.82, 2.24) is 0 Å². The van der Waals surface area contributed by atoms with Gasteiger partial charge >= 0.3 is 0 Å². The molecule has 0 unspecified atom stereocenters. The molecule has 0 aliphatic carbocycles. The Morgan fingerprint density at radius 2 is 2.18 bits per heavy atom. The highest BCUT2D eigenvalue weighted by Crippen LogP contribution is 2.22. The minimum atomic E-state index is 0.721. The van der Waals surface area contributed by atoms with Gasteiger partial charge in [-0.25, -0.2) is 0 Å². The van der Waals surface area contributed by atoms with E-state index in [1.54, 1.807) is 7.11 Å². The number of benzene rings is 1. The fourth-order valence-corrected chi connectivity index (χ4v) is 1.17. The van der Waals surface area contributed by atoms with E-state index in [0.717, 1.165) is 17.2 Å². The third-order valence-corrected chi connectivity index (χ3v) is 1.87. The monoisotopic (exact) mass is 170 g/mol. The summed E-state index contributed by atoms with van der Waals surface area (Å²) in [5.74, 6) is 0.875. The van der Waals surface area contributed by atoms with E-state index in [9.17, 15) is 0 Å². The molecule has 0 atom stereocenters. The zero-order valence-corrected chi connectivity index (χ0v) is 7.48. The van der Waals surface area contributed by atoms with Crippen molar-refractivity contribution >= 4 is 11.6 Å². The van der Waals surface area contributed by atoms with Crippen LogP contribution in [0.25, 0.3) is 0 Å². The van der Waals surface area contributed by atoms with Gasteiger partial charge in [-0.05, 0) is 24.1 Å². The first-order chi connectivity index (χ1) is 5.27. The third-order valence-electron chi connectivity index (χ3n) is 1.63. The summed E-state index contributed by atoms with van der Waals surface area (Å²) in [6.45, 7) is 2.09. The first-order valence-corrected chi connectivity index (χ1v) is 3.98. The van der Waals surface area contributed by atoms with Gasteiger partial charge in [0.05, 0.1) is 7.11 Å². The maximum atomic E-state index is 5.77. The lowest BCUT2D eigenvalue weighted by molar-refractivity contribution is 0.410. The van der Waals surface area contributed by atoms with E-state index in [-0.39, 0.29) is 0 Å². The number of aryl methyl sites for hydroxylation is 1. The van der Waals surface area contributed by atoms with Gasteiger partial charge in [-0.1, -0.05) is 24.6 Å². The number of rotatable bonds is 2. The third kappa shape index (κ3) is 1.87. The van der Waals surface area contributed by atoms with Gasteiger partial charge in [0.1, 0.15) is 5.75 Å².